The molecule has 2 nitrogen and oxygen atoms in total. The zero-order valence-electron chi connectivity index (χ0n) is 7.05. The second-order valence-corrected chi connectivity index (χ2v) is 3.63. The minimum Gasteiger partial charge on any atom is -0.369 e. The number of nitrogens with two attached hydrogens (primary N) is 1. The van der Waals surface area contributed by atoms with Gasteiger partial charge in [-0.1, -0.05) is 29.3 Å². The van der Waals surface area contributed by atoms with Crippen molar-refractivity contribution in [3.8, 4) is 0 Å². The van der Waals surface area contributed by atoms with Crippen LogP contribution >= 0.6 is 23.2 Å². The van der Waals surface area contributed by atoms with Crippen molar-refractivity contribution in [1.82, 2.24) is 0 Å². The molecule has 2 N–H and O–H groups in total. The van der Waals surface area contributed by atoms with Crippen molar-refractivity contribution in [3.05, 3.63) is 33.8 Å². The van der Waals surface area contributed by atoms with E-state index in [4.69, 9.17) is 28.9 Å². The molecule has 1 atom stereocenters. The normalized spacial score (nSPS) is 12.5. The maximum absolute atomic E-state index is 10.9. The summed E-state index contributed by atoms with van der Waals surface area (Å²) in [6.45, 7) is 1.71. The van der Waals surface area contributed by atoms with Gasteiger partial charge in [0.05, 0.1) is 5.92 Å². The molecule has 0 spiro atoms. The summed E-state index contributed by atoms with van der Waals surface area (Å²) >= 11 is 11.6. The number of rotatable bonds is 2. The van der Waals surface area contributed by atoms with Crippen LogP contribution in [0.5, 0.6) is 0 Å². The lowest BCUT2D eigenvalue weighted by atomic mass is 10.0. The lowest BCUT2D eigenvalue weighted by molar-refractivity contribution is -0.119. The smallest absolute Gasteiger partial charge is 0.224 e. The summed E-state index contributed by atoms with van der Waals surface area (Å²) in [6, 6.07) is 4.99. The quantitative estimate of drug-likeness (QED) is 0.814. The predicted octanol–water partition coefficient (Wildman–Crippen LogP) is 2.58. The number of carbonyl (C=O) groups is 1. The molecular formula is C9H9Cl2NO. The van der Waals surface area contributed by atoms with Crippen molar-refractivity contribution >= 4 is 29.1 Å². The van der Waals surface area contributed by atoms with Crippen LogP contribution in [0.4, 0.5) is 0 Å². The van der Waals surface area contributed by atoms with Gasteiger partial charge in [-0.15, -0.1) is 0 Å². The Balaban J connectivity index is 3.08. The van der Waals surface area contributed by atoms with Gasteiger partial charge in [-0.05, 0) is 24.6 Å². The largest absolute Gasteiger partial charge is 0.369 e. The number of primary amides is 1. The molecule has 0 fully saturated rings. The molecule has 0 aliphatic heterocycles. The molecule has 0 heterocycles. The zero-order valence-corrected chi connectivity index (χ0v) is 8.56. The second-order valence-electron chi connectivity index (χ2n) is 2.79. The van der Waals surface area contributed by atoms with Crippen LogP contribution in [0.3, 0.4) is 0 Å². The molecule has 1 aromatic carbocycles. The van der Waals surface area contributed by atoms with Gasteiger partial charge in [0.15, 0.2) is 0 Å². The van der Waals surface area contributed by atoms with Gasteiger partial charge in [-0.2, -0.15) is 0 Å². The molecular weight excluding hydrogens is 209 g/mol. The van der Waals surface area contributed by atoms with E-state index in [1.807, 2.05) is 0 Å². The van der Waals surface area contributed by atoms with E-state index in [9.17, 15) is 4.79 Å². The predicted molar refractivity (Wildman–Crippen MR) is 54.1 cm³/mol. The highest BCUT2D eigenvalue weighted by Gasteiger charge is 2.14. The first kappa shape index (κ1) is 10.4. The first-order chi connectivity index (χ1) is 6.02. The van der Waals surface area contributed by atoms with Crippen molar-refractivity contribution in [3.63, 3.8) is 0 Å². The van der Waals surface area contributed by atoms with E-state index in [0.717, 1.165) is 0 Å². The van der Waals surface area contributed by atoms with E-state index in [1.165, 1.54) is 0 Å². The van der Waals surface area contributed by atoms with E-state index < -0.39 is 5.91 Å². The van der Waals surface area contributed by atoms with Crippen molar-refractivity contribution in [1.29, 1.82) is 0 Å². The van der Waals surface area contributed by atoms with Gasteiger partial charge < -0.3 is 5.73 Å². The lowest BCUT2D eigenvalue weighted by Gasteiger charge is -2.09. The fraction of sp³-hybridized carbons (Fsp3) is 0.222. The highest BCUT2D eigenvalue weighted by molar-refractivity contribution is 6.35. The first-order valence-corrected chi connectivity index (χ1v) is 4.52. The minimum absolute atomic E-state index is 0.384. The minimum atomic E-state index is -0.399. The molecule has 0 aliphatic rings. The SMILES string of the molecule is CC(C(N)=O)c1ccc(Cl)cc1Cl. The molecule has 1 unspecified atom stereocenters. The number of halogens is 2. The Morgan fingerprint density at radius 1 is 1.46 bits per heavy atom. The summed E-state index contributed by atoms with van der Waals surface area (Å²) < 4.78 is 0. The Bertz CT molecular complexity index is 338. The molecule has 0 saturated heterocycles. The summed E-state index contributed by atoms with van der Waals surface area (Å²) in [6.07, 6.45) is 0. The van der Waals surface area contributed by atoms with Crippen LogP contribution in [0.2, 0.25) is 10.0 Å². The van der Waals surface area contributed by atoms with Crippen molar-refractivity contribution in [2.45, 2.75) is 12.8 Å². The Kier molecular flexibility index (Phi) is 3.17. The van der Waals surface area contributed by atoms with Gasteiger partial charge in [-0.3, -0.25) is 4.79 Å². The van der Waals surface area contributed by atoms with Crippen LogP contribution in [-0.2, 0) is 4.79 Å². The number of benzene rings is 1. The van der Waals surface area contributed by atoms with Gasteiger partial charge >= 0.3 is 0 Å². The molecule has 13 heavy (non-hydrogen) atoms. The van der Waals surface area contributed by atoms with E-state index in [1.54, 1.807) is 25.1 Å². The van der Waals surface area contributed by atoms with Crippen LogP contribution in [0.1, 0.15) is 18.4 Å². The molecule has 0 aliphatic carbocycles. The molecule has 0 radical (unpaired) electrons. The molecule has 0 aromatic heterocycles. The van der Waals surface area contributed by atoms with E-state index in [2.05, 4.69) is 0 Å². The Morgan fingerprint density at radius 2 is 2.08 bits per heavy atom. The summed E-state index contributed by atoms with van der Waals surface area (Å²) in [5.74, 6) is -0.783. The number of carbonyl (C=O) groups excluding carboxylic acids is 1. The Hall–Kier alpha value is -0.730. The van der Waals surface area contributed by atoms with Gasteiger partial charge in [-0.25, -0.2) is 0 Å². The summed E-state index contributed by atoms with van der Waals surface area (Å²) in [5.41, 5.74) is 5.85. The summed E-state index contributed by atoms with van der Waals surface area (Å²) in [7, 11) is 0. The average Bonchev–Trinajstić information content (AvgIpc) is 2.03. The van der Waals surface area contributed by atoms with Gasteiger partial charge in [0.25, 0.3) is 0 Å². The molecule has 1 rings (SSSR count). The molecule has 1 amide bonds. The summed E-state index contributed by atoms with van der Waals surface area (Å²) in [4.78, 5) is 10.9. The topological polar surface area (TPSA) is 43.1 Å². The van der Waals surface area contributed by atoms with Crippen LogP contribution in [0, 0.1) is 0 Å². The fourth-order valence-corrected chi connectivity index (χ4v) is 1.58. The van der Waals surface area contributed by atoms with Gasteiger partial charge in [0, 0.05) is 10.0 Å². The van der Waals surface area contributed by atoms with Crippen molar-refractivity contribution < 1.29 is 4.79 Å². The Morgan fingerprint density at radius 3 is 2.54 bits per heavy atom. The number of hydrogen-bond donors (Lipinski definition) is 1. The zero-order chi connectivity index (χ0) is 10.0. The third-order valence-corrected chi connectivity index (χ3v) is 2.42. The first-order valence-electron chi connectivity index (χ1n) is 3.76. The van der Waals surface area contributed by atoms with Gasteiger partial charge in [0.2, 0.25) is 5.91 Å². The van der Waals surface area contributed by atoms with Crippen LogP contribution in [-0.4, -0.2) is 5.91 Å². The third kappa shape index (κ3) is 2.36. The monoisotopic (exact) mass is 217 g/mol. The number of hydrogen-bond acceptors (Lipinski definition) is 1. The molecule has 0 saturated carbocycles. The van der Waals surface area contributed by atoms with Crippen LogP contribution < -0.4 is 5.73 Å². The average molecular weight is 218 g/mol. The molecule has 4 heteroatoms. The third-order valence-electron chi connectivity index (χ3n) is 1.86. The fourth-order valence-electron chi connectivity index (χ4n) is 1.01. The highest BCUT2D eigenvalue weighted by Crippen LogP contribution is 2.26. The molecule has 0 bridgehead atoms. The van der Waals surface area contributed by atoms with Crippen LogP contribution in [0.25, 0.3) is 0 Å². The van der Waals surface area contributed by atoms with Gasteiger partial charge in [0.1, 0.15) is 0 Å². The lowest BCUT2D eigenvalue weighted by Crippen LogP contribution is -2.18. The number of amides is 1. The maximum Gasteiger partial charge on any atom is 0.224 e. The maximum atomic E-state index is 10.9. The van der Waals surface area contributed by atoms with Crippen LogP contribution in [0.15, 0.2) is 18.2 Å². The van der Waals surface area contributed by atoms with Crippen molar-refractivity contribution in [2.75, 3.05) is 0 Å². The highest BCUT2D eigenvalue weighted by atomic mass is 35.5. The molecule has 70 valence electrons. The van der Waals surface area contributed by atoms with Crippen molar-refractivity contribution in [2.24, 2.45) is 5.73 Å². The Labute approximate surface area is 86.6 Å². The van der Waals surface area contributed by atoms with E-state index in [-0.39, 0.29) is 5.92 Å². The molecule has 1 aromatic rings. The summed E-state index contributed by atoms with van der Waals surface area (Å²) in [5, 5.41) is 1.02. The van der Waals surface area contributed by atoms with E-state index >= 15 is 0 Å². The van der Waals surface area contributed by atoms with E-state index in [0.29, 0.717) is 15.6 Å². The standard InChI is InChI=1S/C9H9Cl2NO/c1-5(9(12)13)7-3-2-6(10)4-8(7)11/h2-5H,1H3,(H2,12,13). The second kappa shape index (κ2) is 3.99.